The number of carboxylic acids is 1. The molecule has 0 amide bonds. The summed E-state index contributed by atoms with van der Waals surface area (Å²) in [7, 11) is 3.19. The number of rotatable bonds is 9. The number of fused-ring (bicyclic) bond motifs is 1. The van der Waals surface area contributed by atoms with Crippen LogP contribution >= 0.6 is 0 Å². The average Bonchev–Trinajstić information content (AvgIpc) is 3.29. The molecule has 3 aromatic carbocycles. The normalized spacial score (nSPS) is 17.4. The number of aliphatic carboxylic acids is 1. The van der Waals surface area contributed by atoms with Crippen molar-refractivity contribution in [1.29, 1.82) is 0 Å². The van der Waals surface area contributed by atoms with Crippen molar-refractivity contribution >= 4 is 11.7 Å². The molecule has 2 aliphatic rings. The van der Waals surface area contributed by atoms with Crippen molar-refractivity contribution in [1.82, 2.24) is 0 Å². The van der Waals surface area contributed by atoms with Gasteiger partial charge in [0, 0.05) is 24.1 Å². The lowest BCUT2D eigenvalue weighted by Gasteiger charge is -2.44. The molecule has 1 saturated carbocycles. The smallest absolute Gasteiger partial charge is 0.329 e. The highest BCUT2D eigenvalue weighted by molar-refractivity contribution is 5.85. The number of hydrogen-bond acceptors (Lipinski definition) is 5. The molecule has 2 N–H and O–H groups in total. The number of alkyl halides is 2. The van der Waals surface area contributed by atoms with Gasteiger partial charge in [0.2, 0.25) is 0 Å². The van der Waals surface area contributed by atoms with E-state index in [4.69, 9.17) is 14.2 Å². The van der Waals surface area contributed by atoms with Crippen molar-refractivity contribution in [2.45, 2.75) is 56.8 Å². The van der Waals surface area contributed by atoms with Gasteiger partial charge in [-0.3, -0.25) is 0 Å². The lowest BCUT2D eigenvalue weighted by molar-refractivity contribution is -0.168. The fourth-order valence-electron chi connectivity index (χ4n) is 5.56. The topological polar surface area (TPSA) is 77.0 Å². The van der Waals surface area contributed by atoms with Crippen molar-refractivity contribution in [2.75, 3.05) is 19.5 Å². The van der Waals surface area contributed by atoms with Crippen LogP contribution in [-0.2, 0) is 29.0 Å². The highest BCUT2D eigenvalue weighted by atomic mass is 19.3. The molecule has 0 bridgehead atoms. The van der Waals surface area contributed by atoms with Crippen LogP contribution in [0.4, 0.5) is 14.5 Å². The van der Waals surface area contributed by atoms with E-state index in [1.54, 1.807) is 26.4 Å². The van der Waals surface area contributed by atoms with E-state index in [9.17, 15) is 18.7 Å². The molecule has 2 aliphatic carbocycles. The summed E-state index contributed by atoms with van der Waals surface area (Å²) in [6, 6.07) is 17.4. The van der Waals surface area contributed by atoms with Gasteiger partial charge >= 0.3 is 5.97 Å². The van der Waals surface area contributed by atoms with Crippen LogP contribution in [0.1, 0.15) is 35.1 Å². The van der Waals surface area contributed by atoms with Gasteiger partial charge in [0.15, 0.2) is 0 Å². The molecular weight excluding hydrogens is 492 g/mol. The third-order valence-electron chi connectivity index (χ3n) is 7.57. The zero-order valence-corrected chi connectivity index (χ0v) is 21.6. The molecule has 1 fully saturated rings. The first-order valence-corrected chi connectivity index (χ1v) is 12.6. The Morgan fingerprint density at radius 2 is 1.61 bits per heavy atom. The largest absolute Gasteiger partial charge is 0.496 e. The predicted octanol–water partition coefficient (Wildman–Crippen LogP) is 6.03. The Kier molecular flexibility index (Phi) is 6.77. The van der Waals surface area contributed by atoms with Crippen LogP contribution in [0.25, 0.3) is 11.1 Å². The summed E-state index contributed by atoms with van der Waals surface area (Å²) in [4.78, 5) is 11.9. The van der Waals surface area contributed by atoms with E-state index in [0.29, 0.717) is 17.2 Å². The van der Waals surface area contributed by atoms with E-state index < -0.39 is 30.3 Å². The Morgan fingerprint density at radius 1 is 1.00 bits per heavy atom. The second-order valence-corrected chi connectivity index (χ2v) is 10.2. The molecule has 0 radical (unpaired) electrons. The molecule has 0 heterocycles. The third-order valence-corrected chi connectivity index (χ3v) is 7.57. The lowest BCUT2D eigenvalue weighted by atomic mass is 9.73. The standard InChI is InChI=1S/C30H31F2NO5/c1-18-26(36-2)13-21(14-27(18)37-3)25-9-8-23(33-29(28(34)35)16-30(31,32)17-29)10-22(25)15-38-24-11-19-6-4-5-7-20(19)12-24/h4-10,13-14,24,33H,11-12,15-17H2,1-3H3,(H,34,35). The highest BCUT2D eigenvalue weighted by Gasteiger charge is 2.61. The molecule has 0 aliphatic heterocycles. The zero-order valence-electron chi connectivity index (χ0n) is 21.6. The molecule has 0 atom stereocenters. The van der Waals surface area contributed by atoms with Crippen molar-refractivity contribution < 1.29 is 32.9 Å². The van der Waals surface area contributed by atoms with Gasteiger partial charge in [0.05, 0.1) is 26.9 Å². The SMILES string of the molecule is COc1cc(-c2ccc(NC3(C(=O)O)CC(F)(F)C3)cc2COC2Cc3ccccc3C2)cc(OC)c1C. The summed E-state index contributed by atoms with van der Waals surface area (Å²) >= 11 is 0. The maximum atomic E-state index is 13.7. The van der Waals surface area contributed by atoms with E-state index in [0.717, 1.165) is 35.1 Å². The second-order valence-electron chi connectivity index (χ2n) is 10.2. The molecule has 0 aromatic heterocycles. The third kappa shape index (κ3) is 4.92. The molecule has 38 heavy (non-hydrogen) atoms. The minimum absolute atomic E-state index is 0.00893. The van der Waals surface area contributed by atoms with Crippen LogP contribution in [0, 0.1) is 6.92 Å². The second kappa shape index (κ2) is 9.91. The fraction of sp³-hybridized carbons (Fsp3) is 0.367. The number of methoxy groups -OCH3 is 2. The first kappa shape index (κ1) is 26.0. The molecule has 6 nitrogen and oxygen atoms in total. The van der Waals surface area contributed by atoms with E-state index in [2.05, 4.69) is 17.4 Å². The summed E-state index contributed by atoms with van der Waals surface area (Å²) in [6.07, 6.45) is 0.125. The van der Waals surface area contributed by atoms with Crippen LogP contribution in [0.3, 0.4) is 0 Å². The number of hydrogen-bond donors (Lipinski definition) is 2. The molecule has 3 aromatic rings. The summed E-state index contributed by atoms with van der Waals surface area (Å²) in [5, 5.41) is 12.6. The van der Waals surface area contributed by atoms with Crippen molar-refractivity contribution in [2.24, 2.45) is 0 Å². The number of ether oxygens (including phenoxy) is 3. The highest BCUT2D eigenvalue weighted by Crippen LogP contribution is 2.48. The number of halogens is 2. The number of nitrogens with one attached hydrogen (secondary N) is 1. The monoisotopic (exact) mass is 523 g/mol. The Morgan fingerprint density at radius 3 is 2.13 bits per heavy atom. The van der Waals surface area contributed by atoms with Gasteiger partial charge in [-0.1, -0.05) is 30.3 Å². The quantitative estimate of drug-likeness (QED) is 0.357. The van der Waals surface area contributed by atoms with Crippen LogP contribution in [0.15, 0.2) is 54.6 Å². The van der Waals surface area contributed by atoms with Gasteiger partial charge in [-0.25, -0.2) is 13.6 Å². The Labute approximate surface area is 220 Å². The first-order valence-electron chi connectivity index (χ1n) is 12.6. The fourth-order valence-corrected chi connectivity index (χ4v) is 5.56. The van der Waals surface area contributed by atoms with E-state index in [1.807, 2.05) is 37.3 Å². The molecule has 8 heteroatoms. The van der Waals surface area contributed by atoms with E-state index in [-0.39, 0.29) is 12.7 Å². The van der Waals surface area contributed by atoms with Gasteiger partial charge in [0.1, 0.15) is 17.0 Å². The first-order chi connectivity index (χ1) is 18.1. The average molecular weight is 524 g/mol. The molecule has 200 valence electrons. The maximum Gasteiger partial charge on any atom is 0.329 e. The van der Waals surface area contributed by atoms with Crippen LogP contribution in [0.5, 0.6) is 11.5 Å². The van der Waals surface area contributed by atoms with Crippen molar-refractivity contribution in [3.05, 3.63) is 76.9 Å². The number of carbonyl (C=O) groups is 1. The zero-order chi connectivity index (χ0) is 27.1. The van der Waals surface area contributed by atoms with Gasteiger partial charge in [-0.15, -0.1) is 0 Å². The summed E-state index contributed by atoms with van der Waals surface area (Å²) in [5.74, 6) is -2.95. The Hall–Kier alpha value is -3.65. The Balaban J connectivity index is 1.47. The Bertz CT molecular complexity index is 1310. The van der Waals surface area contributed by atoms with Gasteiger partial charge < -0.3 is 24.6 Å². The summed E-state index contributed by atoms with van der Waals surface area (Å²) < 4.78 is 44.9. The molecule has 5 rings (SSSR count). The van der Waals surface area contributed by atoms with Crippen molar-refractivity contribution in [3.63, 3.8) is 0 Å². The number of benzene rings is 3. The van der Waals surface area contributed by atoms with E-state index >= 15 is 0 Å². The summed E-state index contributed by atoms with van der Waals surface area (Å²) in [6.45, 7) is 2.17. The lowest BCUT2D eigenvalue weighted by Crippen LogP contribution is -2.61. The van der Waals surface area contributed by atoms with Crippen LogP contribution in [-0.4, -0.2) is 42.9 Å². The molecule has 0 saturated heterocycles. The minimum Gasteiger partial charge on any atom is -0.496 e. The van der Waals surface area contributed by atoms with Crippen molar-refractivity contribution in [3.8, 4) is 22.6 Å². The molecular formula is C30H31F2NO5. The minimum atomic E-state index is -3.00. The number of carboxylic acid groups (broad SMARTS) is 1. The molecule has 0 unspecified atom stereocenters. The van der Waals surface area contributed by atoms with Crippen LogP contribution < -0.4 is 14.8 Å². The van der Waals surface area contributed by atoms with Crippen LogP contribution in [0.2, 0.25) is 0 Å². The van der Waals surface area contributed by atoms with E-state index in [1.165, 1.54) is 11.1 Å². The summed E-state index contributed by atoms with van der Waals surface area (Å²) in [5.41, 5.74) is 4.65. The van der Waals surface area contributed by atoms with Gasteiger partial charge in [0.25, 0.3) is 5.92 Å². The maximum absolute atomic E-state index is 13.7. The number of anilines is 1. The van der Waals surface area contributed by atoms with Gasteiger partial charge in [-0.2, -0.15) is 0 Å². The van der Waals surface area contributed by atoms with Gasteiger partial charge in [-0.05, 0) is 71.8 Å². The molecule has 0 spiro atoms. The predicted molar refractivity (Wildman–Crippen MR) is 140 cm³/mol.